The third-order valence-electron chi connectivity index (χ3n) is 4.30. The minimum atomic E-state index is -0.144. The van der Waals surface area contributed by atoms with Crippen LogP contribution < -0.4 is 5.32 Å². The molecule has 1 aromatic rings. The van der Waals surface area contributed by atoms with E-state index in [1.165, 1.54) is 31.3 Å². The molecule has 1 N–H and O–H groups in total. The van der Waals surface area contributed by atoms with Crippen molar-refractivity contribution in [1.82, 2.24) is 20.3 Å². The number of carbonyl (C=O) groups is 1. The standard InChI is InChI=1S/C16H24N4O2/c21-16(17-9-8-13-5-2-1-3-6-13)15-12-20(19-18-15)11-14-7-4-10-22-14/h5,12,14H,1-4,6-11H2,(H,17,21). The van der Waals surface area contributed by atoms with Gasteiger partial charge in [0.1, 0.15) is 0 Å². The van der Waals surface area contributed by atoms with Crippen molar-refractivity contribution in [3.8, 4) is 0 Å². The molecule has 1 atom stereocenters. The third-order valence-corrected chi connectivity index (χ3v) is 4.30. The number of rotatable bonds is 6. The van der Waals surface area contributed by atoms with E-state index in [0.717, 1.165) is 25.9 Å². The fourth-order valence-electron chi connectivity index (χ4n) is 3.05. The Morgan fingerprint density at radius 2 is 2.36 bits per heavy atom. The van der Waals surface area contributed by atoms with Crippen molar-refractivity contribution in [3.63, 3.8) is 0 Å². The molecule has 2 aliphatic rings. The molecule has 0 radical (unpaired) electrons. The Balaban J connectivity index is 1.43. The van der Waals surface area contributed by atoms with Gasteiger partial charge in [-0.15, -0.1) is 5.10 Å². The molecule has 1 aliphatic carbocycles. The first-order valence-electron chi connectivity index (χ1n) is 8.29. The number of nitrogens with zero attached hydrogens (tertiary/aromatic N) is 3. The molecule has 22 heavy (non-hydrogen) atoms. The summed E-state index contributed by atoms with van der Waals surface area (Å²) >= 11 is 0. The third kappa shape index (κ3) is 4.16. The van der Waals surface area contributed by atoms with Crippen molar-refractivity contribution in [2.24, 2.45) is 0 Å². The lowest BCUT2D eigenvalue weighted by molar-refractivity contribution is 0.0930. The molecule has 1 unspecified atom stereocenters. The Bertz CT molecular complexity index is 532. The molecule has 6 nitrogen and oxygen atoms in total. The van der Waals surface area contributed by atoms with E-state index in [0.29, 0.717) is 18.8 Å². The van der Waals surface area contributed by atoms with Gasteiger partial charge in [-0.2, -0.15) is 0 Å². The zero-order valence-corrected chi connectivity index (χ0v) is 13.0. The van der Waals surface area contributed by atoms with Crippen LogP contribution in [0.25, 0.3) is 0 Å². The fraction of sp³-hybridized carbons (Fsp3) is 0.688. The van der Waals surface area contributed by atoms with Crippen molar-refractivity contribution >= 4 is 5.91 Å². The van der Waals surface area contributed by atoms with Gasteiger partial charge < -0.3 is 10.1 Å². The van der Waals surface area contributed by atoms with Crippen LogP contribution in [0.5, 0.6) is 0 Å². The van der Waals surface area contributed by atoms with E-state index in [1.54, 1.807) is 10.9 Å². The summed E-state index contributed by atoms with van der Waals surface area (Å²) in [4.78, 5) is 12.1. The minimum Gasteiger partial charge on any atom is -0.376 e. The number of carbonyl (C=O) groups excluding carboxylic acids is 1. The summed E-state index contributed by atoms with van der Waals surface area (Å²) in [6.45, 7) is 2.17. The summed E-state index contributed by atoms with van der Waals surface area (Å²) < 4.78 is 7.27. The second-order valence-electron chi connectivity index (χ2n) is 6.07. The molecule has 1 aliphatic heterocycles. The van der Waals surface area contributed by atoms with E-state index >= 15 is 0 Å². The molecule has 0 bridgehead atoms. The molecule has 0 saturated carbocycles. The fourth-order valence-corrected chi connectivity index (χ4v) is 3.05. The molecule has 3 rings (SSSR count). The zero-order valence-electron chi connectivity index (χ0n) is 13.0. The molecule has 1 fully saturated rings. The number of allylic oxidation sites excluding steroid dienone is 1. The van der Waals surface area contributed by atoms with Gasteiger partial charge in [-0.1, -0.05) is 16.9 Å². The van der Waals surface area contributed by atoms with Crippen molar-refractivity contribution < 1.29 is 9.53 Å². The second kappa shape index (κ2) is 7.54. The highest BCUT2D eigenvalue weighted by atomic mass is 16.5. The van der Waals surface area contributed by atoms with Gasteiger partial charge in [0, 0.05) is 13.2 Å². The molecule has 0 spiro atoms. The molecular formula is C16H24N4O2. The number of aromatic nitrogens is 3. The first-order chi connectivity index (χ1) is 10.8. The number of hydrogen-bond acceptors (Lipinski definition) is 4. The highest BCUT2D eigenvalue weighted by Crippen LogP contribution is 2.19. The monoisotopic (exact) mass is 304 g/mol. The number of hydrogen-bond donors (Lipinski definition) is 1. The average Bonchev–Trinajstić information content (AvgIpc) is 3.21. The largest absolute Gasteiger partial charge is 0.376 e. The highest BCUT2D eigenvalue weighted by Gasteiger charge is 2.18. The maximum atomic E-state index is 12.1. The summed E-state index contributed by atoms with van der Waals surface area (Å²) in [6.07, 6.45) is 12.2. The lowest BCUT2D eigenvalue weighted by Crippen LogP contribution is -2.25. The number of amides is 1. The van der Waals surface area contributed by atoms with Crippen molar-refractivity contribution in [2.45, 2.75) is 57.6 Å². The van der Waals surface area contributed by atoms with Gasteiger partial charge >= 0.3 is 0 Å². The highest BCUT2D eigenvalue weighted by molar-refractivity contribution is 5.91. The molecule has 1 saturated heterocycles. The smallest absolute Gasteiger partial charge is 0.273 e. The van der Waals surface area contributed by atoms with E-state index in [2.05, 4.69) is 21.7 Å². The second-order valence-corrected chi connectivity index (χ2v) is 6.07. The van der Waals surface area contributed by atoms with Gasteiger partial charge in [-0.25, -0.2) is 4.68 Å². The maximum Gasteiger partial charge on any atom is 0.273 e. The Hall–Kier alpha value is -1.69. The first kappa shape index (κ1) is 15.2. The predicted octanol–water partition coefficient (Wildman–Crippen LogP) is 2.08. The number of nitrogens with one attached hydrogen (secondary N) is 1. The predicted molar refractivity (Wildman–Crippen MR) is 82.5 cm³/mol. The number of ether oxygens (including phenoxy) is 1. The van der Waals surface area contributed by atoms with Crippen LogP contribution in [0.1, 0.15) is 55.4 Å². The van der Waals surface area contributed by atoms with Crippen LogP contribution in [-0.4, -0.2) is 40.2 Å². The van der Waals surface area contributed by atoms with Crippen LogP contribution in [0.15, 0.2) is 17.8 Å². The molecule has 6 heteroatoms. The lowest BCUT2D eigenvalue weighted by Gasteiger charge is -2.12. The summed E-state index contributed by atoms with van der Waals surface area (Å²) in [6, 6.07) is 0. The van der Waals surface area contributed by atoms with E-state index < -0.39 is 0 Å². The lowest BCUT2D eigenvalue weighted by atomic mass is 9.97. The van der Waals surface area contributed by atoms with Gasteiger partial charge in [0.05, 0.1) is 18.8 Å². The zero-order chi connectivity index (χ0) is 15.2. The Morgan fingerprint density at radius 1 is 1.41 bits per heavy atom. The van der Waals surface area contributed by atoms with Crippen LogP contribution in [0, 0.1) is 0 Å². The van der Waals surface area contributed by atoms with E-state index in [1.807, 2.05) is 0 Å². The van der Waals surface area contributed by atoms with Gasteiger partial charge in [-0.3, -0.25) is 4.79 Å². The van der Waals surface area contributed by atoms with Crippen molar-refractivity contribution in [2.75, 3.05) is 13.2 Å². The van der Waals surface area contributed by atoms with Crippen LogP contribution >= 0.6 is 0 Å². The van der Waals surface area contributed by atoms with Crippen LogP contribution in [0.3, 0.4) is 0 Å². The van der Waals surface area contributed by atoms with Crippen molar-refractivity contribution in [3.05, 3.63) is 23.5 Å². The molecule has 0 aromatic carbocycles. The Labute approximate surface area is 130 Å². The molecule has 120 valence electrons. The van der Waals surface area contributed by atoms with Gasteiger partial charge in [0.2, 0.25) is 0 Å². The molecule has 2 heterocycles. The quantitative estimate of drug-likeness (QED) is 0.817. The Kier molecular flexibility index (Phi) is 5.21. The van der Waals surface area contributed by atoms with Crippen molar-refractivity contribution in [1.29, 1.82) is 0 Å². The normalized spacial score (nSPS) is 21.6. The van der Waals surface area contributed by atoms with Gasteiger partial charge in [0.15, 0.2) is 5.69 Å². The van der Waals surface area contributed by atoms with Crippen LogP contribution in [-0.2, 0) is 11.3 Å². The summed E-state index contributed by atoms with van der Waals surface area (Å²) in [5.41, 5.74) is 1.85. The Morgan fingerprint density at radius 3 is 3.14 bits per heavy atom. The SMILES string of the molecule is O=C(NCCC1=CCCCC1)c1cn(CC2CCCO2)nn1. The molecular weight excluding hydrogens is 280 g/mol. The minimum absolute atomic E-state index is 0.144. The average molecular weight is 304 g/mol. The van der Waals surface area contributed by atoms with E-state index in [4.69, 9.17) is 4.74 Å². The van der Waals surface area contributed by atoms with Crippen LogP contribution in [0.2, 0.25) is 0 Å². The topological polar surface area (TPSA) is 69.0 Å². The summed E-state index contributed by atoms with van der Waals surface area (Å²) in [7, 11) is 0. The summed E-state index contributed by atoms with van der Waals surface area (Å²) in [5.74, 6) is -0.144. The van der Waals surface area contributed by atoms with Gasteiger partial charge in [-0.05, 0) is 44.9 Å². The van der Waals surface area contributed by atoms with Crippen LogP contribution in [0.4, 0.5) is 0 Å². The first-order valence-corrected chi connectivity index (χ1v) is 8.29. The summed E-state index contributed by atoms with van der Waals surface area (Å²) in [5, 5.41) is 10.9. The molecule has 1 amide bonds. The van der Waals surface area contributed by atoms with E-state index in [-0.39, 0.29) is 12.0 Å². The molecule has 1 aromatic heterocycles. The maximum absolute atomic E-state index is 12.1. The van der Waals surface area contributed by atoms with E-state index in [9.17, 15) is 4.79 Å². The van der Waals surface area contributed by atoms with Gasteiger partial charge in [0.25, 0.3) is 5.91 Å².